The van der Waals surface area contributed by atoms with E-state index >= 15 is 4.39 Å². The molecule has 5 rings (SSSR count). The summed E-state index contributed by atoms with van der Waals surface area (Å²) in [5.41, 5.74) is 3.46. The third-order valence-electron chi connectivity index (χ3n) is 6.74. The van der Waals surface area contributed by atoms with Gasteiger partial charge >= 0.3 is 0 Å². The molecule has 0 saturated carbocycles. The number of carbonyl (C=O) groups excluding carboxylic acids is 1. The monoisotopic (exact) mass is 539 g/mol. The molecule has 0 radical (unpaired) electrons. The molecule has 4 aromatic rings. The van der Waals surface area contributed by atoms with Gasteiger partial charge in [-0.3, -0.25) is 9.48 Å². The minimum Gasteiger partial charge on any atom is -0.494 e. The Morgan fingerprint density at radius 2 is 2.00 bits per heavy atom. The molecule has 0 saturated heterocycles. The third kappa shape index (κ3) is 5.51. The molecule has 2 aromatic carbocycles. The number of likely N-dealkylation sites (N-methyl/N-ethyl adjacent to an activating group) is 1. The van der Waals surface area contributed by atoms with Gasteiger partial charge in [-0.1, -0.05) is 23.4 Å². The van der Waals surface area contributed by atoms with Crippen molar-refractivity contribution in [2.45, 2.75) is 39.4 Å². The fourth-order valence-electron chi connectivity index (χ4n) is 4.75. The lowest BCUT2D eigenvalue weighted by atomic mass is 9.98. The number of hydrogen-bond acceptors (Lipinski definition) is 6. The lowest BCUT2D eigenvalue weighted by Crippen LogP contribution is -2.26. The Hall–Kier alpha value is -4.19. The van der Waals surface area contributed by atoms with E-state index in [0.29, 0.717) is 11.4 Å². The number of alkyl halides is 2. The number of halogens is 3. The molecule has 0 aliphatic carbocycles. The Kier molecular flexibility index (Phi) is 7.38. The summed E-state index contributed by atoms with van der Waals surface area (Å²) < 4.78 is 50.7. The van der Waals surface area contributed by atoms with Gasteiger partial charge in [0.25, 0.3) is 12.3 Å². The number of aromatic nitrogens is 5. The van der Waals surface area contributed by atoms with E-state index in [0.717, 1.165) is 25.1 Å². The second-order valence-corrected chi connectivity index (χ2v) is 9.58. The first kappa shape index (κ1) is 26.4. The molecule has 0 fully saturated rings. The molecule has 0 unspecified atom stereocenters. The molecule has 2 aromatic heterocycles. The summed E-state index contributed by atoms with van der Waals surface area (Å²) in [6.07, 6.45) is 0.891. The Morgan fingerprint density at radius 1 is 1.18 bits per heavy atom. The Morgan fingerprint density at radius 3 is 2.72 bits per heavy atom. The van der Waals surface area contributed by atoms with Crippen LogP contribution in [0.1, 0.15) is 50.4 Å². The quantitative estimate of drug-likeness (QED) is 0.366. The molecule has 0 atom stereocenters. The molecular formula is C27H28F3N7O2. The van der Waals surface area contributed by atoms with E-state index in [1.54, 1.807) is 19.2 Å². The summed E-state index contributed by atoms with van der Waals surface area (Å²) >= 11 is 0. The van der Waals surface area contributed by atoms with E-state index in [-0.39, 0.29) is 30.0 Å². The van der Waals surface area contributed by atoms with Crippen molar-refractivity contribution >= 4 is 5.91 Å². The summed E-state index contributed by atoms with van der Waals surface area (Å²) in [5.74, 6) is -1.53. The van der Waals surface area contributed by atoms with Crippen LogP contribution in [0.25, 0.3) is 5.69 Å². The standard InChI is InChI=1S/C27H28F3N7O2/c1-16-12-37(34-32-16)22-6-7-23(39-3)24(28)20(22)11-31-27(38)21-15-36(33-25(21)26(29)30)13-17-4-5-18-8-9-35(2)14-19(18)10-17/h4-7,10,12,15,26H,8-9,11,13-14H2,1-3H3,(H,31,38). The van der Waals surface area contributed by atoms with Crippen LogP contribution in [0.5, 0.6) is 5.75 Å². The number of hydrogen-bond donors (Lipinski definition) is 1. The van der Waals surface area contributed by atoms with Gasteiger partial charge in [0.05, 0.1) is 36.8 Å². The van der Waals surface area contributed by atoms with Gasteiger partial charge in [0.15, 0.2) is 11.6 Å². The normalized spacial score (nSPS) is 13.5. The van der Waals surface area contributed by atoms with E-state index < -0.39 is 23.8 Å². The zero-order valence-corrected chi connectivity index (χ0v) is 21.8. The summed E-state index contributed by atoms with van der Waals surface area (Å²) in [4.78, 5) is 15.3. The largest absolute Gasteiger partial charge is 0.494 e. The number of methoxy groups -OCH3 is 1. The number of aryl methyl sites for hydroxylation is 1. The van der Waals surface area contributed by atoms with E-state index in [4.69, 9.17) is 4.74 Å². The molecular weight excluding hydrogens is 511 g/mol. The maximum atomic E-state index is 15.2. The van der Waals surface area contributed by atoms with Crippen LogP contribution in [0, 0.1) is 12.7 Å². The highest BCUT2D eigenvalue weighted by Crippen LogP contribution is 2.27. The second kappa shape index (κ2) is 10.9. The van der Waals surface area contributed by atoms with Crippen LogP contribution in [0.2, 0.25) is 0 Å². The van der Waals surface area contributed by atoms with Gasteiger partial charge in [-0.15, -0.1) is 5.10 Å². The number of nitrogens with one attached hydrogen (secondary N) is 1. The summed E-state index contributed by atoms with van der Waals surface area (Å²) in [7, 11) is 3.38. The SMILES string of the molecule is COc1ccc(-n2cc(C)nn2)c(CNC(=O)c2cn(Cc3ccc4c(c3)CN(C)CC4)nc2C(F)F)c1F. The van der Waals surface area contributed by atoms with Crippen molar-refractivity contribution in [3.63, 3.8) is 0 Å². The van der Waals surface area contributed by atoms with Gasteiger partial charge in [-0.05, 0) is 49.2 Å². The number of fused-ring (bicyclic) bond motifs is 1. The van der Waals surface area contributed by atoms with Crippen LogP contribution >= 0.6 is 0 Å². The van der Waals surface area contributed by atoms with Crippen LogP contribution in [-0.2, 0) is 26.1 Å². The van der Waals surface area contributed by atoms with Crippen molar-refractivity contribution in [2.75, 3.05) is 20.7 Å². The maximum Gasteiger partial charge on any atom is 0.282 e. The predicted octanol–water partition coefficient (Wildman–Crippen LogP) is 3.82. The first-order valence-corrected chi connectivity index (χ1v) is 12.4. The van der Waals surface area contributed by atoms with Crippen LogP contribution in [0.3, 0.4) is 0 Å². The summed E-state index contributed by atoms with van der Waals surface area (Å²) in [6.45, 7) is 3.46. The highest BCUT2D eigenvalue weighted by molar-refractivity contribution is 5.95. The lowest BCUT2D eigenvalue weighted by Gasteiger charge is -2.25. The van der Waals surface area contributed by atoms with Crippen molar-refractivity contribution in [1.82, 2.24) is 35.0 Å². The third-order valence-corrected chi connectivity index (χ3v) is 6.74. The van der Waals surface area contributed by atoms with Crippen molar-refractivity contribution in [1.29, 1.82) is 0 Å². The van der Waals surface area contributed by atoms with Crippen LogP contribution < -0.4 is 10.1 Å². The molecule has 1 aliphatic rings. The lowest BCUT2D eigenvalue weighted by molar-refractivity contribution is 0.0936. The number of rotatable bonds is 8. The average Bonchev–Trinajstić information content (AvgIpc) is 3.54. The van der Waals surface area contributed by atoms with Gasteiger partial charge < -0.3 is 15.0 Å². The molecule has 1 N–H and O–H groups in total. The molecule has 1 aliphatic heterocycles. The van der Waals surface area contributed by atoms with Gasteiger partial charge in [0.2, 0.25) is 0 Å². The van der Waals surface area contributed by atoms with Crippen LogP contribution in [-0.4, -0.2) is 56.3 Å². The fourth-order valence-corrected chi connectivity index (χ4v) is 4.75. The van der Waals surface area contributed by atoms with Crippen LogP contribution in [0.4, 0.5) is 13.2 Å². The van der Waals surface area contributed by atoms with Crippen molar-refractivity contribution in [3.8, 4) is 11.4 Å². The van der Waals surface area contributed by atoms with Crippen LogP contribution in [0.15, 0.2) is 42.7 Å². The number of carbonyl (C=O) groups is 1. The highest BCUT2D eigenvalue weighted by Gasteiger charge is 2.25. The van der Waals surface area contributed by atoms with Crippen molar-refractivity contribution < 1.29 is 22.7 Å². The van der Waals surface area contributed by atoms with E-state index in [9.17, 15) is 13.6 Å². The average molecular weight is 540 g/mol. The zero-order chi connectivity index (χ0) is 27.7. The molecule has 0 bridgehead atoms. The smallest absolute Gasteiger partial charge is 0.282 e. The highest BCUT2D eigenvalue weighted by atomic mass is 19.3. The zero-order valence-electron chi connectivity index (χ0n) is 21.8. The molecule has 1 amide bonds. The second-order valence-electron chi connectivity index (χ2n) is 9.58. The van der Waals surface area contributed by atoms with Crippen molar-refractivity contribution in [3.05, 3.63) is 87.7 Å². The number of nitrogens with zero attached hydrogens (tertiary/aromatic N) is 6. The minimum absolute atomic E-state index is 0.0304. The van der Waals surface area contributed by atoms with E-state index in [1.165, 1.54) is 39.9 Å². The molecule has 204 valence electrons. The summed E-state index contributed by atoms with van der Waals surface area (Å²) in [6, 6.07) is 9.07. The molecule has 39 heavy (non-hydrogen) atoms. The van der Waals surface area contributed by atoms with E-state index in [1.807, 2.05) is 12.1 Å². The van der Waals surface area contributed by atoms with Gasteiger partial charge in [-0.2, -0.15) is 5.10 Å². The predicted molar refractivity (Wildman–Crippen MR) is 137 cm³/mol. The maximum absolute atomic E-state index is 15.2. The number of benzene rings is 2. The number of amides is 1. The van der Waals surface area contributed by atoms with E-state index in [2.05, 4.69) is 38.7 Å². The Labute approximate surface area is 223 Å². The molecule has 3 heterocycles. The summed E-state index contributed by atoms with van der Waals surface area (Å²) in [5, 5.41) is 14.4. The van der Waals surface area contributed by atoms with Gasteiger partial charge in [0.1, 0.15) is 5.69 Å². The first-order chi connectivity index (χ1) is 18.7. The molecule has 0 spiro atoms. The topological polar surface area (TPSA) is 90.1 Å². The molecule has 12 heteroatoms. The van der Waals surface area contributed by atoms with Gasteiger partial charge in [0, 0.05) is 31.4 Å². The minimum atomic E-state index is -2.97. The Bertz CT molecular complexity index is 1520. The van der Waals surface area contributed by atoms with Crippen molar-refractivity contribution in [2.24, 2.45) is 0 Å². The van der Waals surface area contributed by atoms with Gasteiger partial charge in [-0.25, -0.2) is 17.9 Å². The first-order valence-electron chi connectivity index (χ1n) is 12.4. The Balaban J connectivity index is 1.38. The molecule has 9 nitrogen and oxygen atoms in total. The number of ether oxygens (including phenoxy) is 1. The fraction of sp³-hybridized carbons (Fsp3) is 0.333.